The number of hydrogen-bond acceptors (Lipinski definition) is 3. The Balaban J connectivity index is 0.00000121. The van der Waals surface area contributed by atoms with Crippen LogP contribution < -0.4 is 29.6 Å². The molecule has 12 heavy (non-hydrogen) atoms. The van der Waals surface area contributed by atoms with Crippen molar-refractivity contribution in [3.8, 4) is 0 Å². The van der Waals surface area contributed by atoms with E-state index in [1.54, 1.807) is 0 Å². The predicted molar refractivity (Wildman–Crippen MR) is 39.7 cm³/mol. The van der Waals surface area contributed by atoms with Crippen LogP contribution in [-0.2, 0) is 10.3 Å². The minimum Gasteiger partial charge on any atom is -0.735 e. The van der Waals surface area contributed by atoms with E-state index < -0.39 is 10.3 Å². The third kappa shape index (κ3) is 3.72. The molecule has 0 radical (unpaired) electrons. The van der Waals surface area contributed by atoms with E-state index >= 15 is 0 Å². The maximum Gasteiger partial charge on any atom is 1.00 e. The van der Waals surface area contributed by atoms with Gasteiger partial charge in [-0.1, -0.05) is 6.92 Å². The summed E-state index contributed by atoms with van der Waals surface area (Å²) in [5.74, 6) is 0.326. The summed E-state index contributed by atoms with van der Waals surface area (Å²) in [4.78, 5) is 0. The average molecular weight is 201 g/mol. The third-order valence-electron chi connectivity index (χ3n) is 1.94. The summed E-state index contributed by atoms with van der Waals surface area (Å²) in [7, 11) is -4.18. The molecule has 0 aromatic rings. The molecule has 0 spiro atoms. The van der Waals surface area contributed by atoms with Gasteiger partial charge in [0.15, 0.2) is 10.3 Å². The summed E-state index contributed by atoms with van der Waals surface area (Å²) in [6.45, 7) is 2.75. The second kappa shape index (κ2) is 4.93. The van der Waals surface area contributed by atoms with E-state index in [2.05, 4.69) is 0 Å². The molecule has 1 saturated heterocycles. The summed E-state index contributed by atoms with van der Waals surface area (Å²) < 4.78 is 32.5. The zero-order valence-corrected chi connectivity index (χ0v) is 10.3. The molecule has 0 aromatic heterocycles. The summed E-state index contributed by atoms with van der Waals surface area (Å²) >= 11 is 0. The van der Waals surface area contributed by atoms with Crippen LogP contribution in [0.25, 0.3) is 0 Å². The summed E-state index contributed by atoms with van der Waals surface area (Å²) in [6, 6.07) is 0. The number of nitrogens with zero attached hydrogens (tertiary/aromatic N) is 1. The smallest absolute Gasteiger partial charge is 0.735 e. The Kier molecular flexibility index (Phi) is 5.29. The van der Waals surface area contributed by atoms with Crippen molar-refractivity contribution in [1.29, 1.82) is 0 Å². The van der Waals surface area contributed by atoms with Gasteiger partial charge in [-0.15, -0.1) is 0 Å². The van der Waals surface area contributed by atoms with Crippen molar-refractivity contribution in [3.63, 3.8) is 0 Å². The van der Waals surface area contributed by atoms with Crippen LogP contribution in [0.4, 0.5) is 0 Å². The van der Waals surface area contributed by atoms with Gasteiger partial charge in [0, 0.05) is 13.1 Å². The molecule has 0 aromatic carbocycles. The Hall–Kier alpha value is 0.870. The van der Waals surface area contributed by atoms with Gasteiger partial charge in [0.25, 0.3) is 0 Å². The monoisotopic (exact) mass is 201 g/mol. The Bertz CT molecular complexity index is 229. The largest absolute Gasteiger partial charge is 1.00 e. The number of hydrogen-bond donors (Lipinski definition) is 0. The van der Waals surface area contributed by atoms with Crippen molar-refractivity contribution < 1.29 is 42.5 Å². The van der Waals surface area contributed by atoms with Gasteiger partial charge in [-0.05, 0) is 18.8 Å². The molecule has 0 saturated carbocycles. The van der Waals surface area contributed by atoms with E-state index in [1.165, 1.54) is 0 Å². The molecule has 4 nitrogen and oxygen atoms in total. The molecule has 1 rings (SSSR count). The van der Waals surface area contributed by atoms with Gasteiger partial charge in [0.05, 0.1) is 0 Å². The first kappa shape index (κ1) is 12.9. The van der Waals surface area contributed by atoms with Crippen LogP contribution in [0.1, 0.15) is 19.8 Å². The molecule has 1 aliphatic heterocycles. The van der Waals surface area contributed by atoms with E-state index in [1.807, 2.05) is 6.92 Å². The maximum absolute atomic E-state index is 10.5. The fourth-order valence-electron chi connectivity index (χ4n) is 1.35. The topological polar surface area (TPSA) is 60.4 Å². The van der Waals surface area contributed by atoms with Crippen molar-refractivity contribution in [2.45, 2.75) is 19.8 Å². The Labute approximate surface area is 95.5 Å². The van der Waals surface area contributed by atoms with E-state index in [4.69, 9.17) is 0 Å². The first-order valence-electron chi connectivity index (χ1n) is 3.71. The molecule has 0 aliphatic carbocycles. The fraction of sp³-hybridized carbons (Fsp3) is 1.00. The van der Waals surface area contributed by atoms with Crippen molar-refractivity contribution in [1.82, 2.24) is 4.31 Å². The standard InChI is InChI=1S/C6H13NO3S.Na/c1-6-3-2-4-7(5-6)11(8,9)10;/h6H,2-5H2,1H3,(H,8,9,10);/q;+1/p-1. The zero-order valence-electron chi connectivity index (χ0n) is 7.49. The normalized spacial score (nSPS) is 26.3. The quantitative estimate of drug-likeness (QED) is 0.340. The molecule has 1 fully saturated rings. The Morgan fingerprint density at radius 1 is 1.50 bits per heavy atom. The molecule has 66 valence electrons. The van der Waals surface area contributed by atoms with Crippen LogP contribution in [-0.4, -0.2) is 30.4 Å². The van der Waals surface area contributed by atoms with E-state index in [-0.39, 0.29) is 29.6 Å². The zero-order chi connectivity index (χ0) is 8.48. The number of piperidine rings is 1. The summed E-state index contributed by atoms with van der Waals surface area (Å²) in [5.41, 5.74) is 0. The van der Waals surface area contributed by atoms with E-state index in [0.717, 1.165) is 17.1 Å². The Morgan fingerprint density at radius 2 is 2.08 bits per heavy atom. The van der Waals surface area contributed by atoms with Crippen LogP contribution in [0.3, 0.4) is 0 Å². The van der Waals surface area contributed by atoms with Gasteiger partial charge < -0.3 is 4.55 Å². The SMILES string of the molecule is CC1CCCN(S(=O)(=O)[O-])C1.[Na+]. The minimum atomic E-state index is -4.18. The van der Waals surface area contributed by atoms with Gasteiger partial charge in [-0.2, -0.15) is 0 Å². The summed E-state index contributed by atoms with van der Waals surface area (Å²) in [5, 5.41) is 0. The van der Waals surface area contributed by atoms with Crippen LogP contribution in [0.15, 0.2) is 0 Å². The molecule has 1 aliphatic rings. The van der Waals surface area contributed by atoms with Crippen LogP contribution >= 0.6 is 0 Å². The molecule has 1 atom stereocenters. The molecular weight excluding hydrogens is 189 g/mol. The van der Waals surface area contributed by atoms with Crippen LogP contribution in [0.5, 0.6) is 0 Å². The first-order valence-corrected chi connectivity index (χ1v) is 5.07. The molecule has 0 N–H and O–H groups in total. The van der Waals surface area contributed by atoms with E-state index in [9.17, 15) is 13.0 Å². The molecule has 6 heteroatoms. The molecule has 0 amide bonds. The van der Waals surface area contributed by atoms with Crippen molar-refractivity contribution in [2.24, 2.45) is 5.92 Å². The third-order valence-corrected chi connectivity index (χ3v) is 2.90. The maximum atomic E-state index is 10.5. The Morgan fingerprint density at radius 3 is 2.42 bits per heavy atom. The van der Waals surface area contributed by atoms with E-state index in [0.29, 0.717) is 19.0 Å². The van der Waals surface area contributed by atoms with Gasteiger partial charge >= 0.3 is 29.6 Å². The van der Waals surface area contributed by atoms with Crippen molar-refractivity contribution in [3.05, 3.63) is 0 Å². The first-order chi connectivity index (χ1) is 5.00. The van der Waals surface area contributed by atoms with Gasteiger partial charge in [0.1, 0.15) is 0 Å². The summed E-state index contributed by atoms with van der Waals surface area (Å²) in [6.07, 6.45) is 1.83. The molecular formula is C6H12NNaO3S. The van der Waals surface area contributed by atoms with Crippen molar-refractivity contribution in [2.75, 3.05) is 13.1 Å². The minimum absolute atomic E-state index is 0. The van der Waals surface area contributed by atoms with Crippen LogP contribution in [0, 0.1) is 5.92 Å². The molecule has 0 bridgehead atoms. The van der Waals surface area contributed by atoms with Gasteiger partial charge in [-0.25, -0.2) is 12.7 Å². The molecule has 1 heterocycles. The fourth-order valence-corrected chi connectivity index (χ4v) is 2.14. The number of rotatable bonds is 1. The van der Waals surface area contributed by atoms with Crippen molar-refractivity contribution >= 4 is 10.3 Å². The van der Waals surface area contributed by atoms with Gasteiger partial charge in [0.2, 0.25) is 0 Å². The average Bonchev–Trinajstić information content (AvgIpc) is 1.86. The second-order valence-electron chi connectivity index (χ2n) is 3.06. The van der Waals surface area contributed by atoms with Crippen LogP contribution in [0.2, 0.25) is 0 Å². The van der Waals surface area contributed by atoms with Gasteiger partial charge in [-0.3, -0.25) is 0 Å². The predicted octanol–water partition coefficient (Wildman–Crippen LogP) is -2.82. The second-order valence-corrected chi connectivity index (χ2v) is 4.43. The molecule has 1 unspecified atom stereocenters.